The summed E-state index contributed by atoms with van der Waals surface area (Å²) in [5.41, 5.74) is 0.555. The van der Waals surface area contributed by atoms with E-state index in [9.17, 15) is 4.79 Å². The molecule has 0 aliphatic rings. The second-order valence-electron chi connectivity index (χ2n) is 3.70. The maximum atomic E-state index is 11.0. The zero-order valence-electron chi connectivity index (χ0n) is 10.2. The number of hydrogen-bond acceptors (Lipinski definition) is 4. The Hall–Kier alpha value is -1.75. The first-order valence-electron chi connectivity index (χ1n) is 5.29. The molecule has 5 heteroatoms. The molecule has 0 saturated heterocycles. The van der Waals surface area contributed by atoms with E-state index in [1.165, 1.54) is 6.92 Å². The lowest BCUT2D eigenvalue weighted by atomic mass is 10.2. The van der Waals surface area contributed by atoms with Crippen LogP contribution in [-0.2, 0) is 4.79 Å². The third-order valence-electron chi connectivity index (χ3n) is 1.98. The van der Waals surface area contributed by atoms with Gasteiger partial charge < -0.3 is 19.9 Å². The van der Waals surface area contributed by atoms with Crippen molar-refractivity contribution in [3.63, 3.8) is 0 Å². The second kappa shape index (κ2) is 6.10. The Morgan fingerprint density at radius 3 is 2.76 bits per heavy atom. The lowest BCUT2D eigenvalue weighted by Gasteiger charge is -2.14. The van der Waals surface area contributed by atoms with Crippen molar-refractivity contribution in [3.8, 4) is 11.5 Å². The zero-order valence-corrected chi connectivity index (χ0v) is 10.2. The number of aliphatic hydroxyl groups is 1. The average molecular weight is 239 g/mol. The highest BCUT2D eigenvalue weighted by atomic mass is 16.5. The van der Waals surface area contributed by atoms with Gasteiger partial charge in [-0.1, -0.05) is 0 Å². The normalized spacial score (nSPS) is 11.8. The van der Waals surface area contributed by atoms with Gasteiger partial charge in [0.2, 0.25) is 5.91 Å². The average Bonchev–Trinajstić information content (AvgIpc) is 2.27. The van der Waals surface area contributed by atoms with Crippen LogP contribution in [0.15, 0.2) is 18.2 Å². The summed E-state index contributed by atoms with van der Waals surface area (Å²) in [6.45, 7) is 3.20. The lowest BCUT2D eigenvalue weighted by Crippen LogP contribution is -2.14. The number of ether oxygens (including phenoxy) is 2. The van der Waals surface area contributed by atoms with Gasteiger partial charge in [-0.05, 0) is 19.1 Å². The fourth-order valence-corrected chi connectivity index (χ4v) is 1.25. The smallest absolute Gasteiger partial charge is 0.221 e. The van der Waals surface area contributed by atoms with Crippen LogP contribution in [0.4, 0.5) is 5.69 Å². The molecule has 0 aromatic heterocycles. The number of hydrogen-bond donors (Lipinski definition) is 2. The van der Waals surface area contributed by atoms with E-state index in [0.717, 1.165) is 0 Å². The minimum Gasteiger partial charge on any atom is -0.497 e. The van der Waals surface area contributed by atoms with Crippen LogP contribution in [0.2, 0.25) is 0 Å². The monoisotopic (exact) mass is 239 g/mol. The van der Waals surface area contributed by atoms with Crippen LogP contribution in [0.1, 0.15) is 13.8 Å². The van der Waals surface area contributed by atoms with E-state index in [1.807, 2.05) is 0 Å². The lowest BCUT2D eigenvalue weighted by molar-refractivity contribution is -0.114. The zero-order chi connectivity index (χ0) is 12.8. The van der Waals surface area contributed by atoms with Gasteiger partial charge in [-0.15, -0.1) is 0 Å². The van der Waals surface area contributed by atoms with E-state index in [2.05, 4.69) is 5.32 Å². The first-order chi connectivity index (χ1) is 8.02. The summed E-state index contributed by atoms with van der Waals surface area (Å²) < 4.78 is 10.5. The summed E-state index contributed by atoms with van der Waals surface area (Å²) in [4.78, 5) is 11.0. The fourth-order valence-electron chi connectivity index (χ4n) is 1.25. The van der Waals surface area contributed by atoms with Gasteiger partial charge in [0.1, 0.15) is 18.1 Å². The topological polar surface area (TPSA) is 67.8 Å². The van der Waals surface area contributed by atoms with Crippen molar-refractivity contribution in [1.82, 2.24) is 0 Å². The highest BCUT2D eigenvalue weighted by Gasteiger charge is 2.08. The predicted octanol–water partition coefficient (Wildman–Crippen LogP) is 1.41. The quantitative estimate of drug-likeness (QED) is 0.815. The van der Waals surface area contributed by atoms with Gasteiger partial charge in [0.15, 0.2) is 0 Å². The summed E-state index contributed by atoms with van der Waals surface area (Å²) in [7, 11) is 1.55. The van der Waals surface area contributed by atoms with Crippen LogP contribution < -0.4 is 14.8 Å². The number of amides is 1. The molecule has 0 radical (unpaired) electrons. The number of benzene rings is 1. The highest BCUT2D eigenvalue weighted by Crippen LogP contribution is 2.29. The van der Waals surface area contributed by atoms with Crippen LogP contribution >= 0.6 is 0 Å². The Labute approximate surface area is 100 Å². The summed E-state index contributed by atoms with van der Waals surface area (Å²) in [6, 6.07) is 5.08. The molecule has 0 saturated carbocycles. The highest BCUT2D eigenvalue weighted by molar-refractivity contribution is 5.90. The van der Waals surface area contributed by atoms with Crippen molar-refractivity contribution in [2.45, 2.75) is 20.0 Å². The van der Waals surface area contributed by atoms with E-state index in [-0.39, 0.29) is 12.5 Å². The summed E-state index contributed by atoms with van der Waals surface area (Å²) in [5.74, 6) is 0.914. The summed E-state index contributed by atoms with van der Waals surface area (Å²) >= 11 is 0. The molecule has 0 aliphatic heterocycles. The third-order valence-corrected chi connectivity index (χ3v) is 1.98. The van der Waals surface area contributed by atoms with E-state index in [1.54, 1.807) is 32.2 Å². The van der Waals surface area contributed by atoms with Crippen molar-refractivity contribution >= 4 is 11.6 Å². The predicted molar refractivity (Wildman–Crippen MR) is 64.5 cm³/mol. The molecule has 1 amide bonds. The van der Waals surface area contributed by atoms with Crippen LogP contribution in [0.5, 0.6) is 11.5 Å². The molecular weight excluding hydrogens is 222 g/mol. The SMILES string of the molecule is COc1ccc(NC(C)=O)c(OCC(C)O)c1. The van der Waals surface area contributed by atoms with Gasteiger partial charge in [-0.3, -0.25) is 4.79 Å². The van der Waals surface area contributed by atoms with Crippen molar-refractivity contribution in [1.29, 1.82) is 0 Å². The molecule has 1 unspecified atom stereocenters. The molecule has 0 bridgehead atoms. The fraction of sp³-hybridized carbons (Fsp3) is 0.417. The molecule has 5 nitrogen and oxygen atoms in total. The number of methoxy groups -OCH3 is 1. The molecule has 2 N–H and O–H groups in total. The van der Waals surface area contributed by atoms with Crippen LogP contribution in [0.25, 0.3) is 0 Å². The Kier molecular flexibility index (Phi) is 4.78. The van der Waals surface area contributed by atoms with E-state index >= 15 is 0 Å². The Balaban J connectivity index is 2.90. The van der Waals surface area contributed by atoms with Crippen molar-refractivity contribution < 1.29 is 19.4 Å². The molecule has 94 valence electrons. The molecular formula is C12H17NO4. The number of rotatable bonds is 5. The minimum absolute atomic E-state index is 0.153. The van der Waals surface area contributed by atoms with Gasteiger partial charge in [-0.2, -0.15) is 0 Å². The van der Waals surface area contributed by atoms with Gasteiger partial charge in [0.05, 0.1) is 18.9 Å². The molecule has 17 heavy (non-hydrogen) atoms. The summed E-state index contributed by atoms with van der Waals surface area (Å²) in [5, 5.41) is 11.8. The number of carbonyl (C=O) groups is 1. The van der Waals surface area contributed by atoms with Crippen LogP contribution in [0, 0.1) is 0 Å². The third kappa shape index (κ3) is 4.32. The first kappa shape index (κ1) is 13.3. The van der Waals surface area contributed by atoms with Crippen molar-refractivity contribution in [2.75, 3.05) is 19.0 Å². The summed E-state index contributed by atoms with van der Waals surface area (Å²) in [6.07, 6.45) is -0.577. The van der Waals surface area contributed by atoms with Crippen LogP contribution in [-0.4, -0.2) is 30.8 Å². The molecule has 1 aromatic carbocycles. The maximum absolute atomic E-state index is 11.0. The number of nitrogens with one attached hydrogen (secondary N) is 1. The molecule has 0 aliphatic carbocycles. The molecule has 1 atom stereocenters. The Morgan fingerprint density at radius 1 is 1.53 bits per heavy atom. The molecule has 0 spiro atoms. The van der Waals surface area contributed by atoms with Crippen LogP contribution in [0.3, 0.4) is 0 Å². The number of aliphatic hydroxyl groups excluding tert-OH is 1. The van der Waals surface area contributed by atoms with Gasteiger partial charge in [0.25, 0.3) is 0 Å². The van der Waals surface area contributed by atoms with E-state index in [0.29, 0.717) is 17.2 Å². The van der Waals surface area contributed by atoms with Crippen molar-refractivity contribution in [2.24, 2.45) is 0 Å². The largest absolute Gasteiger partial charge is 0.497 e. The standard InChI is InChI=1S/C12H17NO4/c1-8(14)7-17-12-6-10(16-3)4-5-11(12)13-9(2)15/h4-6,8,14H,7H2,1-3H3,(H,13,15). The number of anilines is 1. The Morgan fingerprint density at radius 2 is 2.24 bits per heavy atom. The molecule has 0 heterocycles. The van der Waals surface area contributed by atoms with Gasteiger partial charge >= 0.3 is 0 Å². The Bertz CT molecular complexity index is 390. The van der Waals surface area contributed by atoms with Crippen molar-refractivity contribution in [3.05, 3.63) is 18.2 Å². The number of carbonyl (C=O) groups excluding carboxylic acids is 1. The first-order valence-corrected chi connectivity index (χ1v) is 5.29. The van der Waals surface area contributed by atoms with E-state index in [4.69, 9.17) is 14.6 Å². The van der Waals surface area contributed by atoms with Gasteiger partial charge in [0, 0.05) is 13.0 Å². The van der Waals surface area contributed by atoms with Gasteiger partial charge in [-0.25, -0.2) is 0 Å². The molecule has 0 fully saturated rings. The minimum atomic E-state index is -0.577. The van der Waals surface area contributed by atoms with E-state index < -0.39 is 6.10 Å². The second-order valence-corrected chi connectivity index (χ2v) is 3.70. The maximum Gasteiger partial charge on any atom is 0.221 e. The molecule has 1 rings (SSSR count). The molecule has 1 aromatic rings.